The molecule has 15 heavy (non-hydrogen) atoms. The zero-order chi connectivity index (χ0) is 11.4. The van der Waals surface area contributed by atoms with Crippen molar-refractivity contribution in [2.45, 2.75) is 46.5 Å². The average Bonchev–Trinajstić information content (AvgIpc) is 2.24. The third-order valence-electron chi connectivity index (χ3n) is 2.83. The molecule has 0 saturated carbocycles. The van der Waals surface area contributed by atoms with Crippen molar-refractivity contribution in [1.29, 1.82) is 0 Å². The average molecular weight is 208 g/mol. The van der Waals surface area contributed by atoms with Gasteiger partial charge < -0.3 is 10.2 Å². The maximum atomic E-state index is 9.81. The molecule has 0 saturated heterocycles. The van der Waals surface area contributed by atoms with Gasteiger partial charge in [0.2, 0.25) is 0 Å². The summed E-state index contributed by atoms with van der Waals surface area (Å²) in [6, 6.07) is 1.69. The van der Waals surface area contributed by atoms with Crippen molar-refractivity contribution in [3.63, 3.8) is 0 Å². The van der Waals surface area contributed by atoms with E-state index in [1.165, 1.54) is 5.56 Å². The van der Waals surface area contributed by atoms with Crippen LogP contribution in [0.15, 0.2) is 6.07 Å². The first-order valence-corrected chi connectivity index (χ1v) is 5.71. The van der Waals surface area contributed by atoms with Crippen molar-refractivity contribution in [1.82, 2.24) is 0 Å². The van der Waals surface area contributed by atoms with Gasteiger partial charge in [0.1, 0.15) is 0 Å². The predicted octanol–water partition coefficient (Wildman–Crippen LogP) is 3.18. The molecule has 0 spiro atoms. The fourth-order valence-corrected chi connectivity index (χ4v) is 2.09. The Morgan fingerprint density at radius 1 is 1.00 bits per heavy atom. The lowest BCUT2D eigenvalue weighted by molar-refractivity contribution is 0.397. The molecule has 0 bridgehead atoms. The molecule has 84 valence electrons. The second kappa shape index (κ2) is 5.06. The summed E-state index contributed by atoms with van der Waals surface area (Å²) < 4.78 is 0. The predicted molar refractivity (Wildman–Crippen MR) is 62.5 cm³/mol. The molecule has 0 unspecified atom stereocenters. The van der Waals surface area contributed by atoms with Crippen molar-refractivity contribution in [3.05, 3.63) is 22.8 Å². The van der Waals surface area contributed by atoms with E-state index in [4.69, 9.17) is 0 Å². The largest absolute Gasteiger partial charge is 0.504 e. The van der Waals surface area contributed by atoms with Crippen LogP contribution in [0.1, 0.15) is 43.9 Å². The van der Waals surface area contributed by atoms with E-state index in [1.807, 2.05) is 0 Å². The van der Waals surface area contributed by atoms with E-state index in [1.54, 1.807) is 6.07 Å². The van der Waals surface area contributed by atoms with Crippen LogP contribution in [0.2, 0.25) is 0 Å². The first-order valence-electron chi connectivity index (χ1n) is 5.71. The second-order valence-electron chi connectivity index (χ2n) is 3.82. The van der Waals surface area contributed by atoms with Gasteiger partial charge in [-0.2, -0.15) is 0 Å². The standard InChI is InChI=1S/C13H20O2/c1-4-7-11-10(6-3)9(5-2)8-12(14)13(11)15/h8,14-15H,4-7H2,1-3H3. The van der Waals surface area contributed by atoms with Crippen molar-refractivity contribution in [2.24, 2.45) is 0 Å². The van der Waals surface area contributed by atoms with Crippen molar-refractivity contribution >= 4 is 0 Å². The molecule has 2 nitrogen and oxygen atoms in total. The minimum Gasteiger partial charge on any atom is -0.504 e. The zero-order valence-electron chi connectivity index (χ0n) is 9.80. The van der Waals surface area contributed by atoms with Gasteiger partial charge in [0.25, 0.3) is 0 Å². The smallest absolute Gasteiger partial charge is 0.160 e. The number of hydrogen-bond donors (Lipinski definition) is 2. The van der Waals surface area contributed by atoms with Gasteiger partial charge in [-0.05, 0) is 36.5 Å². The van der Waals surface area contributed by atoms with E-state index in [0.29, 0.717) is 0 Å². The van der Waals surface area contributed by atoms with Crippen LogP contribution < -0.4 is 0 Å². The van der Waals surface area contributed by atoms with E-state index in [9.17, 15) is 10.2 Å². The van der Waals surface area contributed by atoms with Gasteiger partial charge in [-0.3, -0.25) is 0 Å². The van der Waals surface area contributed by atoms with Gasteiger partial charge in [0, 0.05) is 5.56 Å². The number of rotatable bonds is 4. The minimum atomic E-state index is 0.0208. The number of aromatic hydroxyl groups is 2. The summed E-state index contributed by atoms with van der Waals surface area (Å²) >= 11 is 0. The molecule has 1 aromatic carbocycles. The molecule has 0 atom stereocenters. The van der Waals surface area contributed by atoms with Gasteiger partial charge in [-0.15, -0.1) is 0 Å². The summed E-state index contributed by atoms with van der Waals surface area (Å²) in [5.74, 6) is 0.0957. The first kappa shape index (κ1) is 11.9. The molecule has 1 aromatic rings. The fraction of sp³-hybridized carbons (Fsp3) is 0.538. The third-order valence-corrected chi connectivity index (χ3v) is 2.83. The quantitative estimate of drug-likeness (QED) is 0.746. The Labute approximate surface area is 91.6 Å². The van der Waals surface area contributed by atoms with Gasteiger partial charge in [0.05, 0.1) is 0 Å². The van der Waals surface area contributed by atoms with Crippen LogP contribution >= 0.6 is 0 Å². The Morgan fingerprint density at radius 3 is 2.13 bits per heavy atom. The summed E-state index contributed by atoms with van der Waals surface area (Å²) in [5.41, 5.74) is 3.28. The van der Waals surface area contributed by atoms with Crippen molar-refractivity contribution < 1.29 is 10.2 Å². The Balaban J connectivity index is 3.35. The lowest BCUT2D eigenvalue weighted by Gasteiger charge is -2.15. The summed E-state index contributed by atoms with van der Waals surface area (Å²) in [7, 11) is 0. The minimum absolute atomic E-state index is 0.0208. The van der Waals surface area contributed by atoms with Gasteiger partial charge in [0.15, 0.2) is 11.5 Å². The maximum Gasteiger partial charge on any atom is 0.160 e. The molecule has 0 fully saturated rings. The maximum absolute atomic E-state index is 9.81. The first-order chi connectivity index (χ1) is 7.15. The van der Waals surface area contributed by atoms with Crippen LogP contribution in [-0.2, 0) is 19.3 Å². The van der Waals surface area contributed by atoms with Gasteiger partial charge in [-0.25, -0.2) is 0 Å². The van der Waals surface area contributed by atoms with Crippen LogP contribution in [0.25, 0.3) is 0 Å². The fourth-order valence-electron chi connectivity index (χ4n) is 2.09. The van der Waals surface area contributed by atoms with Crippen molar-refractivity contribution in [2.75, 3.05) is 0 Å². The number of hydrogen-bond acceptors (Lipinski definition) is 2. The molecule has 0 heterocycles. The van der Waals surface area contributed by atoms with Gasteiger partial charge >= 0.3 is 0 Å². The highest BCUT2D eigenvalue weighted by Gasteiger charge is 2.14. The summed E-state index contributed by atoms with van der Waals surface area (Å²) in [6.45, 7) is 6.24. The highest BCUT2D eigenvalue weighted by atomic mass is 16.3. The number of phenolic OH excluding ortho intramolecular Hbond substituents is 2. The second-order valence-corrected chi connectivity index (χ2v) is 3.82. The molecule has 2 heteroatoms. The number of benzene rings is 1. The summed E-state index contributed by atoms with van der Waals surface area (Å²) in [4.78, 5) is 0. The zero-order valence-corrected chi connectivity index (χ0v) is 9.80. The van der Waals surface area contributed by atoms with E-state index < -0.39 is 0 Å². The van der Waals surface area contributed by atoms with Crippen LogP contribution in [0.4, 0.5) is 0 Å². The van der Waals surface area contributed by atoms with Crippen LogP contribution in [0.5, 0.6) is 11.5 Å². The Hall–Kier alpha value is -1.18. The number of phenols is 2. The third kappa shape index (κ3) is 2.25. The van der Waals surface area contributed by atoms with Crippen molar-refractivity contribution in [3.8, 4) is 11.5 Å². The monoisotopic (exact) mass is 208 g/mol. The molecule has 0 amide bonds. The Morgan fingerprint density at radius 2 is 1.67 bits per heavy atom. The van der Waals surface area contributed by atoms with Crippen LogP contribution in [0.3, 0.4) is 0 Å². The van der Waals surface area contributed by atoms with Gasteiger partial charge in [-0.1, -0.05) is 27.2 Å². The van der Waals surface area contributed by atoms with E-state index in [-0.39, 0.29) is 11.5 Å². The summed E-state index contributed by atoms with van der Waals surface area (Å²) in [6.07, 6.45) is 3.61. The van der Waals surface area contributed by atoms with E-state index in [0.717, 1.165) is 36.8 Å². The molecular formula is C13H20O2. The molecule has 0 aliphatic rings. The lowest BCUT2D eigenvalue weighted by Crippen LogP contribution is -1.99. The van der Waals surface area contributed by atoms with E-state index in [2.05, 4.69) is 20.8 Å². The Bertz CT molecular complexity index is 343. The molecule has 0 radical (unpaired) electrons. The molecular weight excluding hydrogens is 188 g/mol. The number of aryl methyl sites for hydroxylation is 1. The van der Waals surface area contributed by atoms with Crippen LogP contribution in [0, 0.1) is 0 Å². The SMILES string of the molecule is CCCc1c(O)c(O)cc(CC)c1CC. The molecule has 2 N–H and O–H groups in total. The topological polar surface area (TPSA) is 40.5 Å². The summed E-state index contributed by atoms with van der Waals surface area (Å²) in [5, 5.41) is 19.4. The lowest BCUT2D eigenvalue weighted by atomic mass is 9.93. The Kier molecular flexibility index (Phi) is 4.01. The molecule has 0 aromatic heterocycles. The highest BCUT2D eigenvalue weighted by Crippen LogP contribution is 2.35. The van der Waals surface area contributed by atoms with Crippen LogP contribution in [-0.4, -0.2) is 10.2 Å². The van der Waals surface area contributed by atoms with E-state index >= 15 is 0 Å². The highest BCUT2D eigenvalue weighted by molar-refractivity contribution is 5.53. The molecule has 1 rings (SSSR count). The molecule has 0 aliphatic carbocycles. The molecule has 0 aliphatic heterocycles. The normalized spacial score (nSPS) is 10.6.